The Morgan fingerprint density at radius 2 is 1.55 bits per heavy atom. The minimum atomic E-state index is -0.167. The molecule has 0 aromatic carbocycles. The third-order valence-electron chi connectivity index (χ3n) is 0.804. The van der Waals surface area contributed by atoms with Crippen LogP contribution in [0.1, 0.15) is 20.8 Å². The Bertz CT molecular complexity index is 61.6. The lowest BCUT2D eigenvalue weighted by molar-refractivity contribution is 0.0401. The zero-order valence-corrected chi connectivity index (χ0v) is 8.13. The number of ether oxygens (including phenoxy) is 2. The van der Waals surface area contributed by atoms with Crippen LogP contribution in [-0.4, -0.2) is 38.1 Å². The van der Waals surface area contributed by atoms with Gasteiger partial charge in [0.25, 0.3) is 0 Å². The highest BCUT2D eigenvalue weighted by Crippen LogP contribution is 1.84. The Morgan fingerprint density at radius 3 is 1.64 bits per heavy atom. The molecule has 0 aromatic rings. The fraction of sp³-hybridized carbons (Fsp3) is 1.00. The maximum atomic E-state index is 8.06. The highest BCUT2D eigenvalue weighted by molar-refractivity contribution is 4.41. The molecule has 0 saturated heterocycles. The average Bonchev–Trinajstić information content (AvgIpc) is 1.87. The van der Waals surface area contributed by atoms with Gasteiger partial charge in [-0.1, -0.05) is 0 Å². The number of hydrogen-bond donors (Lipinski definition) is 1. The largest absolute Gasteiger partial charge is 0.394 e. The molecule has 70 valence electrons. The van der Waals surface area contributed by atoms with Crippen molar-refractivity contribution in [2.45, 2.75) is 33.0 Å². The van der Waals surface area contributed by atoms with E-state index in [9.17, 15) is 0 Å². The highest BCUT2D eigenvalue weighted by Gasteiger charge is 1.93. The van der Waals surface area contributed by atoms with E-state index in [1.54, 1.807) is 28.1 Å². The second-order valence-electron chi connectivity index (χ2n) is 2.60. The smallest absolute Gasteiger partial charge is 0.0776 e. The Balaban J connectivity index is 0. The van der Waals surface area contributed by atoms with Crippen molar-refractivity contribution in [1.82, 2.24) is 0 Å². The van der Waals surface area contributed by atoms with Crippen LogP contribution in [0.3, 0.4) is 0 Å². The number of aliphatic hydroxyl groups excluding tert-OH is 1. The lowest BCUT2D eigenvalue weighted by Gasteiger charge is -2.05. The highest BCUT2D eigenvalue weighted by atomic mass is 16.5. The molecule has 3 heteroatoms. The summed E-state index contributed by atoms with van der Waals surface area (Å²) in [7, 11) is 3.33. The third-order valence-corrected chi connectivity index (χ3v) is 0.804. The van der Waals surface area contributed by atoms with Gasteiger partial charge >= 0.3 is 0 Å². The van der Waals surface area contributed by atoms with E-state index in [4.69, 9.17) is 14.6 Å². The molecule has 1 unspecified atom stereocenters. The van der Waals surface area contributed by atoms with E-state index in [-0.39, 0.29) is 12.2 Å². The van der Waals surface area contributed by atoms with Crippen molar-refractivity contribution < 1.29 is 14.6 Å². The molecule has 0 bridgehead atoms. The first-order valence-corrected chi connectivity index (χ1v) is 3.74. The standard InChI is InChI=1S/C5H12O2.C3H8O/c1-5(7-3)4-6-2;1-3(2)4/h5H,4H2,1-3H3;3-4H,1-2H3. The van der Waals surface area contributed by atoms with E-state index in [2.05, 4.69) is 0 Å². The van der Waals surface area contributed by atoms with Gasteiger partial charge in [-0.15, -0.1) is 0 Å². The summed E-state index contributed by atoms with van der Waals surface area (Å²) in [5, 5.41) is 8.06. The van der Waals surface area contributed by atoms with E-state index >= 15 is 0 Å². The van der Waals surface area contributed by atoms with Crippen molar-refractivity contribution >= 4 is 0 Å². The first-order valence-electron chi connectivity index (χ1n) is 3.74. The molecule has 0 aromatic heterocycles. The van der Waals surface area contributed by atoms with Gasteiger partial charge in [-0.05, 0) is 20.8 Å². The first-order chi connectivity index (χ1) is 5.04. The lowest BCUT2D eigenvalue weighted by atomic mass is 10.4. The molecule has 0 saturated carbocycles. The molecule has 0 spiro atoms. The van der Waals surface area contributed by atoms with Gasteiger partial charge in [0.1, 0.15) is 0 Å². The van der Waals surface area contributed by atoms with Gasteiger partial charge < -0.3 is 14.6 Å². The van der Waals surface area contributed by atoms with Crippen molar-refractivity contribution in [3.05, 3.63) is 0 Å². The van der Waals surface area contributed by atoms with Gasteiger partial charge in [0.05, 0.1) is 12.7 Å². The van der Waals surface area contributed by atoms with Gasteiger partial charge in [0, 0.05) is 20.3 Å². The quantitative estimate of drug-likeness (QED) is 0.677. The maximum Gasteiger partial charge on any atom is 0.0776 e. The Kier molecular flexibility index (Phi) is 12.1. The fourth-order valence-electron chi connectivity index (χ4n) is 0.303. The van der Waals surface area contributed by atoms with Gasteiger partial charge in [0.2, 0.25) is 0 Å². The van der Waals surface area contributed by atoms with Crippen LogP contribution in [-0.2, 0) is 9.47 Å². The average molecular weight is 164 g/mol. The Hall–Kier alpha value is -0.120. The lowest BCUT2D eigenvalue weighted by Crippen LogP contribution is -2.11. The molecule has 3 nitrogen and oxygen atoms in total. The Morgan fingerprint density at radius 1 is 1.18 bits per heavy atom. The summed E-state index contributed by atoms with van der Waals surface area (Å²) in [5.41, 5.74) is 0. The van der Waals surface area contributed by atoms with Crippen LogP contribution in [0.2, 0.25) is 0 Å². The SMILES string of the molecule is CC(C)O.COCC(C)OC. The van der Waals surface area contributed by atoms with Crippen molar-refractivity contribution in [1.29, 1.82) is 0 Å². The van der Waals surface area contributed by atoms with Crippen LogP contribution in [0.25, 0.3) is 0 Å². The molecule has 0 radical (unpaired) electrons. The summed E-state index contributed by atoms with van der Waals surface area (Å²) in [6, 6.07) is 0. The van der Waals surface area contributed by atoms with E-state index in [1.807, 2.05) is 6.92 Å². The monoisotopic (exact) mass is 164 g/mol. The summed E-state index contributed by atoms with van der Waals surface area (Å²) in [6.45, 7) is 6.08. The molecule has 0 aliphatic rings. The van der Waals surface area contributed by atoms with Gasteiger partial charge in [0.15, 0.2) is 0 Å². The minimum Gasteiger partial charge on any atom is -0.394 e. The van der Waals surface area contributed by atoms with Gasteiger partial charge in [-0.2, -0.15) is 0 Å². The molecule has 1 atom stereocenters. The van der Waals surface area contributed by atoms with Crippen LogP contribution in [0.15, 0.2) is 0 Å². The van der Waals surface area contributed by atoms with Crippen LogP contribution < -0.4 is 0 Å². The van der Waals surface area contributed by atoms with Crippen molar-refractivity contribution in [3.8, 4) is 0 Å². The van der Waals surface area contributed by atoms with Crippen molar-refractivity contribution in [2.75, 3.05) is 20.8 Å². The number of aliphatic hydroxyl groups is 1. The summed E-state index contributed by atoms with van der Waals surface area (Å²) in [4.78, 5) is 0. The van der Waals surface area contributed by atoms with Crippen LogP contribution in [0, 0.1) is 0 Å². The first kappa shape index (κ1) is 13.5. The topological polar surface area (TPSA) is 38.7 Å². The van der Waals surface area contributed by atoms with Crippen molar-refractivity contribution in [2.24, 2.45) is 0 Å². The Labute approximate surface area is 69.3 Å². The number of methoxy groups -OCH3 is 2. The normalized spacial score (nSPS) is 12.3. The molecule has 1 N–H and O–H groups in total. The summed E-state index contributed by atoms with van der Waals surface area (Å²) in [6.07, 6.45) is 0.0602. The molecular weight excluding hydrogens is 144 g/mol. The number of rotatable bonds is 3. The zero-order valence-electron chi connectivity index (χ0n) is 8.13. The summed E-state index contributed by atoms with van der Waals surface area (Å²) in [5.74, 6) is 0. The predicted molar refractivity (Wildman–Crippen MR) is 45.7 cm³/mol. The second-order valence-corrected chi connectivity index (χ2v) is 2.60. The molecule has 0 heterocycles. The molecule has 0 rings (SSSR count). The fourth-order valence-corrected chi connectivity index (χ4v) is 0.303. The van der Waals surface area contributed by atoms with Gasteiger partial charge in [-0.25, -0.2) is 0 Å². The van der Waals surface area contributed by atoms with E-state index in [0.717, 1.165) is 0 Å². The maximum absolute atomic E-state index is 8.06. The molecule has 0 aliphatic heterocycles. The molecular formula is C8H20O3. The van der Waals surface area contributed by atoms with Crippen LogP contribution in [0.5, 0.6) is 0 Å². The van der Waals surface area contributed by atoms with Crippen LogP contribution in [0.4, 0.5) is 0 Å². The number of hydrogen-bond acceptors (Lipinski definition) is 3. The second kappa shape index (κ2) is 9.88. The molecule has 0 fully saturated rings. The third kappa shape index (κ3) is 25.8. The molecule has 0 aliphatic carbocycles. The van der Waals surface area contributed by atoms with E-state index in [0.29, 0.717) is 6.61 Å². The van der Waals surface area contributed by atoms with Gasteiger partial charge in [-0.3, -0.25) is 0 Å². The van der Waals surface area contributed by atoms with Crippen LogP contribution >= 0.6 is 0 Å². The predicted octanol–water partition coefficient (Wildman–Crippen LogP) is 1.05. The molecule has 11 heavy (non-hydrogen) atoms. The van der Waals surface area contributed by atoms with Crippen molar-refractivity contribution in [3.63, 3.8) is 0 Å². The minimum absolute atomic E-state index is 0.167. The van der Waals surface area contributed by atoms with E-state index < -0.39 is 0 Å². The molecule has 0 amide bonds. The van der Waals surface area contributed by atoms with E-state index in [1.165, 1.54) is 0 Å². The summed E-state index contributed by atoms with van der Waals surface area (Å²) >= 11 is 0. The summed E-state index contributed by atoms with van der Waals surface area (Å²) < 4.78 is 9.64. The zero-order chi connectivity index (χ0) is 9.28.